The van der Waals surface area contributed by atoms with Crippen LogP contribution < -0.4 is 5.32 Å². The van der Waals surface area contributed by atoms with Crippen molar-refractivity contribution in [2.24, 2.45) is 11.3 Å². The van der Waals surface area contributed by atoms with Crippen LogP contribution >= 0.6 is 0 Å². The molecule has 3 unspecified atom stereocenters. The van der Waals surface area contributed by atoms with Gasteiger partial charge in [0, 0.05) is 25.0 Å². The Balaban J connectivity index is 1.90. The summed E-state index contributed by atoms with van der Waals surface area (Å²) in [5.74, 6) is 0.230. The van der Waals surface area contributed by atoms with Crippen LogP contribution in [-0.2, 0) is 0 Å². The predicted molar refractivity (Wildman–Crippen MR) is 80.5 cm³/mol. The van der Waals surface area contributed by atoms with Gasteiger partial charge in [-0.3, -0.25) is 0 Å². The third-order valence-corrected chi connectivity index (χ3v) is 5.23. The van der Waals surface area contributed by atoms with Gasteiger partial charge >= 0.3 is 6.03 Å². The number of hydrogen-bond donors (Lipinski definition) is 2. The van der Waals surface area contributed by atoms with Gasteiger partial charge in [-0.05, 0) is 38.0 Å². The van der Waals surface area contributed by atoms with Gasteiger partial charge in [-0.25, -0.2) is 4.79 Å². The van der Waals surface area contributed by atoms with Crippen LogP contribution in [0.15, 0.2) is 0 Å². The van der Waals surface area contributed by atoms with Crippen LogP contribution in [0.2, 0.25) is 0 Å². The van der Waals surface area contributed by atoms with E-state index in [4.69, 9.17) is 0 Å². The number of nitrogens with one attached hydrogen (secondary N) is 1. The van der Waals surface area contributed by atoms with E-state index in [2.05, 4.69) is 19.2 Å². The number of aliphatic hydroxyl groups is 1. The molecule has 2 N–H and O–H groups in total. The van der Waals surface area contributed by atoms with Crippen LogP contribution in [0.25, 0.3) is 0 Å². The van der Waals surface area contributed by atoms with Gasteiger partial charge in [0.15, 0.2) is 0 Å². The molecule has 2 fully saturated rings. The number of carbonyl (C=O) groups excluding carboxylic acids is 1. The zero-order chi connectivity index (χ0) is 14.8. The third kappa shape index (κ3) is 3.66. The van der Waals surface area contributed by atoms with Gasteiger partial charge in [-0.1, -0.05) is 26.7 Å². The van der Waals surface area contributed by atoms with Crippen LogP contribution in [0.4, 0.5) is 4.79 Å². The predicted octanol–water partition coefficient (Wildman–Crippen LogP) is 2.76. The fourth-order valence-electron chi connectivity index (χ4n) is 3.59. The molecule has 0 bridgehead atoms. The van der Waals surface area contributed by atoms with Gasteiger partial charge in [0.25, 0.3) is 0 Å². The number of amides is 2. The summed E-state index contributed by atoms with van der Waals surface area (Å²) in [6.07, 6.45) is 6.46. The van der Waals surface area contributed by atoms with Crippen molar-refractivity contribution in [1.82, 2.24) is 10.2 Å². The van der Waals surface area contributed by atoms with Crippen molar-refractivity contribution < 1.29 is 9.90 Å². The fourth-order valence-corrected chi connectivity index (χ4v) is 3.59. The Bertz CT molecular complexity index is 341. The molecule has 0 aromatic heterocycles. The van der Waals surface area contributed by atoms with Crippen molar-refractivity contribution in [1.29, 1.82) is 0 Å². The quantitative estimate of drug-likeness (QED) is 0.818. The highest BCUT2D eigenvalue weighted by Crippen LogP contribution is 2.35. The Morgan fingerprint density at radius 1 is 1.30 bits per heavy atom. The summed E-state index contributed by atoms with van der Waals surface area (Å²) in [7, 11) is 0. The Hall–Kier alpha value is -0.770. The molecule has 4 heteroatoms. The Labute approximate surface area is 122 Å². The highest BCUT2D eigenvalue weighted by atomic mass is 16.3. The topological polar surface area (TPSA) is 52.6 Å². The Kier molecular flexibility index (Phi) is 4.95. The summed E-state index contributed by atoms with van der Waals surface area (Å²) in [5.41, 5.74) is 0.202. The molecule has 1 aliphatic heterocycles. The van der Waals surface area contributed by atoms with Gasteiger partial charge in [-0.15, -0.1) is 0 Å². The lowest BCUT2D eigenvalue weighted by Gasteiger charge is -2.41. The molecule has 1 saturated carbocycles. The highest BCUT2D eigenvalue weighted by molar-refractivity contribution is 5.74. The molecule has 116 valence electrons. The van der Waals surface area contributed by atoms with Gasteiger partial charge < -0.3 is 15.3 Å². The van der Waals surface area contributed by atoms with E-state index in [1.165, 1.54) is 19.3 Å². The van der Waals surface area contributed by atoms with Gasteiger partial charge in [0.2, 0.25) is 0 Å². The SMILES string of the molecule is CC(O)C1CCCN(C(=O)NC2CCCCC2(C)C)C1. The molecule has 1 heterocycles. The lowest BCUT2D eigenvalue weighted by Crippen LogP contribution is -2.54. The van der Waals surface area contributed by atoms with E-state index in [0.717, 1.165) is 25.8 Å². The average Bonchev–Trinajstić information content (AvgIpc) is 2.41. The summed E-state index contributed by atoms with van der Waals surface area (Å²) < 4.78 is 0. The summed E-state index contributed by atoms with van der Waals surface area (Å²) in [6, 6.07) is 0.353. The first-order chi connectivity index (χ1) is 9.40. The molecular weight excluding hydrogens is 252 g/mol. The van der Waals surface area contributed by atoms with Crippen molar-refractivity contribution in [3.63, 3.8) is 0 Å². The molecule has 2 amide bonds. The van der Waals surface area contributed by atoms with E-state index < -0.39 is 0 Å². The molecule has 4 nitrogen and oxygen atoms in total. The molecule has 0 aromatic carbocycles. The lowest BCUT2D eigenvalue weighted by atomic mass is 9.73. The molecule has 0 spiro atoms. The van der Waals surface area contributed by atoms with Gasteiger partial charge in [0.1, 0.15) is 0 Å². The molecule has 20 heavy (non-hydrogen) atoms. The number of hydrogen-bond acceptors (Lipinski definition) is 2. The molecule has 2 rings (SSSR count). The first kappa shape index (κ1) is 15.6. The normalized spacial score (nSPS) is 31.7. The van der Waals surface area contributed by atoms with E-state index in [1.807, 2.05) is 11.8 Å². The average molecular weight is 282 g/mol. The summed E-state index contributed by atoms with van der Waals surface area (Å²) in [6.45, 7) is 7.85. The maximum atomic E-state index is 12.5. The minimum atomic E-state index is -0.322. The number of aliphatic hydroxyl groups excluding tert-OH is 1. The fraction of sp³-hybridized carbons (Fsp3) is 0.938. The van der Waals surface area contributed by atoms with E-state index in [0.29, 0.717) is 6.54 Å². The van der Waals surface area contributed by atoms with E-state index >= 15 is 0 Å². The highest BCUT2D eigenvalue weighted by Gasteiger charge is 2.35. The van der Waals surface area contributed by atoms with Crippen molar-refractivity contribution in [3.05, 3.63) is 0 Å². The van der Waals surface area contributed by atoms with E-state index in [1.54, 1.807) is 0 Å². The van der Waals surface area contributed by atoms with E-state index in [-0.39, 0.29) is 29.5 Å². The molecule has 0 aromatic rings. The van der Waals surface area contributed by atoms with Crippen molar-refractivity contribution in [3.8, 4) is 0 Å². The first-order valence-electron chi connectivity index (χ1n) is 8.13. The van der Waals surface area contributed by atoms with Crippen molar-refractivity contribution in [2.75, 3.05) is 13.1 Å². The number of rotatable bonds is 2. The molecular formula is C16H30N2O2. The lowest BCUT2D eigenvalue weighted by molar-refractivity contribution is 0.0702. The largest absolute Gasteiger partial charge is 0.393 e. The van der Waals surface area contributed by atoms with E-state index in [9.17, 15) is 9.90 Å². The zero-order valence-corrected chi connectivity index (χ0v) is 13.2. The van der Waals surface area contributed by atoms with Crippen LogP contribution in [0.3, 0.4) is 0 Å². The van der Waals surface area contributed by atoms with Crippen molar-refractivity contribution in [2.45, 2.75) is 71.4 Å². The number of likely N-dealkylation sites (tertiary alicyclic amines) is 1. The molecule has 1 aliphatic carbocycles. The summed E-state index contributed by atoms with van der Waals surface area (Å²) in [5, 5.41) is 13.0. The summed E-state index contributed by atoms with van der Waals surface area (Å²) in [4.78, 5) is 14.3. The standard InChI is InChI=1S/C16H30N2O2/c1-12(19)13-7-6-10-18(11-13)15(20)17-14-8-4-5-9-16(14,2)3/h12-14,19H,4-11H2,1-3H3,(H,17,20). The third-order valence-electron chi connectivity index (χ3n) is 5.23. The second-order valence-electron chi connectivity index (χ2n) is 7.33. The maximum Gasteiger partial charge on any atom is 0.317 e. The Morgan fingerprint density at radius 2 is 2.05 bits per heavy atom. The number of nitrogens with zero attached hydrogens (tertiary/aromatic N) is 1. The molecule has 2 aliphatic rings. The Morgan fingerprint density at radius 3 is 2.70 bits per heavy atom. The molecule has 0 radical (unpaired) electrons. The van der Waals surface area contributed by atoms with Crippen molar-refractivity contribution >= 4 is 6.03 Å². The first-order valence-corrected chi connectivity index (χ1v) is 8.13. The minimum absolute atomic E-state index is 0.0651. The van der Waals surface area contributed by atoms with Crippen LogP contribution in [-0.4, -0.2) is 41.3 Å². The smallest absolute Gasteiger partial charge is 0.317 e. The van der Waals surface area contributed by atoms with Crippen LogP contribution in [0.5, 0.6) is 0 Å². The number of urea groups is 1. The monoisotopic (exact) mass is 282 g/mol. The maximum absolute atomic E-state index is 12.5. The van der Waals surface area contributed by atoms with Gasteiger partial charge in [-0.2, -0.15) is 0 Å². The second kappa shape index (κ2) is 6.33. The minimum Gasteiger partial charge on any atom is -0.393 e. The van der Waals surface area contributed by atoms with Crippen LogP contribution in [0, 0.1) is 11.3 Å². The zero-order valence-electron chi connectivity index (χ0n) is 13.2. The number of piperidine rings is 1. The molecule has 3 atom stereocenters. The summed E-state index contributed by atoms with van der Waals surface area (Å²) >= 11 is 0. The second-order valence-corrected chi connectivity index (χ2v) is 7.33. The van der Waals surface area contributed by atoms with Crippen LogP contribution in [0.1, 0.15) is 59.3 Å². The number of carbonyl (C=O) groups is 1. The molecule has 1 saturated heterocycles. The van der Waals surface area contributed by atoms with Gasteiger partial charge in [0.05, 0.1) is 6.10 Å².